The van der Waals surface area contributed by atoms with Gasteiger partial charge in [0.15, 0.2) is 5.82 Å². The van der Waals surface area contributed by atoms with E-state index < -0.39 is 0 Å². The number of pyridine rings is 1. The van der Waals surface area contributed by atoms with Gasteiger partial charge in [-0.05, 0) is 106 Å². The molecule has 8 aromatic rings. The number of benzene rings is 6. The van der Waals surface area contributed by atoms with E-state index in [1.807, 2.05) is 25.3 Å². The molecule has 0 saturated heterocycles. The molecule has 0 amide bonds. The number of hydrogen-bond acceptors (Lipinski definition) is 3. The van der Waals surface area contributed by atoms with Crippen LogP contribution in [0.1, 0.15) is 23.7 Å². The van der Waals surface area contributed by atoms with Crippen molar-refractivity contribution in [3.8, 4) is 56.2 Å². The van der Waals surface area contributed by atoms with Gasteiger partial charge in [0.2, 0.25) is 0 Å². The Balaban J connectivity index is 1.43. The van der Waals surface area contributed by atoms with Gasteiger partial charge >= 0.3 is 0 Å². The van der Waals surface area contributed by atoms with Crippen molar-refractivity contribution in [2.24, 2.45) is 0 Å². The predicted octanol–water partition coefficient (Wildman–Crippen LogP) is 11.7. The molecule has 0 radical (unpaired) electrons. The molecule has 3 nitrogen and oxygen atoms in total. The fourth-order valence-electron chi connectivity index (χ4n) is 6.85. The first-order chi connectivity index (χ1) is 23.6. The first-order valence-corrected chi connectivity index (χ1v) is 16.6. The summed E-state index contributed by atoms with van der Waals surface area (Å²) in [6.07, 6.45) is 2.93. The molecule has 0 saturated carbocycles. The molecule has 0 aliphatic rings. The molecule has 0 N–H and O–H groups in total. The van der Waals surface area contributed by atoms with E-state index in [0.717, 1.165) is 56.9 Å². The zero-order chi connectivity index (χ0) is 32.6. The van der Waals surface area contributed by atoms with Crippen LogP contribution in [0.2, 0.25) is 0 Å². The second-order valence-electron chi connectivity index (χ2n) is 12.5. The average Bonchev–Trinajstić information content (AvgIpc) is 3.15. The van der Waals surface area contributed by atoms with Crippen LogP contribution in [0, 0.1) is 13.8 Å². The summed E-state index contributed by atoms with van der Waals surface area (Å²) >= 11 is 0. The van der Waals surface area contributed by atoms with Crippen molar-refractivity contribution in [3.05, 3.63) is 163 Å². The summed E-state index contributed by atoms with van der Waals surface area (Å²) in [7, 11) is 0. The van der Waals surface area contributed by atoms with Crippen LogP contribution in [0.15, 0.2) is 146 Å². The van der Waals surface area contributed by atoms with Crippen molar-refractivity contribution in [2.45, 2.75) is 27.2 Å². The summed E-state index contributed by atoms with van der Waals surface area (Å²) in [6, 6.07) is 49.5. The molecule has 0 fully saturated rings. The van der Waals surface area contributed by atoms with Crippen molar-refractivity contribution in [2.75, 3.05) is 0 Å². The van der Waals surface area contributed by atoms with Gasteiger partial charge in [-0.3, -0.25) is 4.98 Å². The summed E-state index contributed by atoms with van der Waals surface area (Å²) in [5, 5.41) is 5.17. The fraction of sp³-hybridized carbons (Fsp3) is 0.0889. The van der Waals surface area contributed by atoms with E-state index in [1.165, 1.54) is 38.2 Å². The lowest BCUT2D eigenvalue weighted by Crippen LogP contribution is -1.97. The van der Waals surface area contributed by atoms with Gasteiger partial charge in [0.25, 0.3) is 0 Å². The highest BCUT2D eigenvalue weighted by molar-refractivity contribution is 6.16. The van der Waals surface area contributed by atoms with Crippen LogP contribution in [0.25, 0.3) is 77.7 Å². The topological polar surface area (TPSA) is 38.7 Å². The normalized spacial score (nSPS) is 11.3. The molecule has 2 aromatic heterocycles. The number of hydrogen-bond donors (Lipinski definition) is 0. The second kappa shape index (κ2) is 12.4. The van der Waals surface area contributed by atoms with E-state index in [9.17, 15) is 0 Å². The Labute approximate surface area is 281 Å². The van der Waals surface area contributed by atoms with Gasteiger partial charge in [0.05, 0.1) is 11.4 Å². The van der Waals surface area contributed by atoms with E-state index >= 15 is 0 Å². The summed E-state index contributed by atoms with van der Waals surface area (Å²) in [6.45, 7) is 6.49. The van der Waals surface area contributed by atoms with Crippen molar-refractivity contribution < 1.29 is 0 Å². The quantitative estimate of drug-likeness (QED) is 0.174. The molecular formula is C45H35N3. The maximum Gasteiger partial charge on any atom is 0.160 e. The van der Waals surface area contributed by atoms with Crippen LogP contribution >= 0.6 is 0 Å². The molecule has 48 heavy (non-hydrogen) atoms. The maximum atomic E-state index is 5.21. The van der Waals surface area contributed by atoms with Crippen molar-refractivity contribution in [3.63, 3.8) is 0 Å². The molecule has 0 spiro atoms. The number of aryl methyl sites for hydroxylation is 3. The first-order valence-electron chi connectivity index (χ1n) is 16.6. The Hall–Kier alpha value is -5.93. The Morgan fingerprint density at radius 3 is 1.83 bits per heavy atom. The standard InChI is InChI=1S/C45H35N3/c1-4-31-18-12-20-39-40(26-34-19-11-13-29(2)43(34)44(31)39)37-23-36(35-22-21-30(3)46-28-35)24-38(25-37)45-47-41(32-14-7-5-8-15-32)27-42(48-45)33-16-9-6-10-17-33/h5-28H,4H2,1-3H3. The Kier molecular flexibility index (Phi) is 7.58. The SMILES string of the molecule is CCc1cccc2c(-c3cc(-c4ccc(C)nc4)cc(-c4nc(-c5ccccc5)cc(-c5ccccc5)n4)c3)cc3cccc(C)c3c12. The number of fused-ring (bicyclic) bond motifs is 3. The molecule has 230 valence electrons. The van der Waals surface area contributed by atoms with Gasteiger partial charge in [-0.15, -0.1) is 0 Å². The second-order valence-corrected chi connectivity index (χ2v) is 12.5. The zero-order valence-electron chi connectivity index (χ0n) is 27.4. The minimum absolute atomic E-state index is 0.688. The Morgan fingerprint density at radius 2 is 1.17 bits per heavy atom. The highest BCUT2D eigenvalue weighted by atomic mass is 14.9. The van der Waals surface area contributed by atoms with E-state index in [1.54, 1.807) is 0 Å². The molecule has 0 aliphatic carbocycles. The van der Waals surface area contributed by atoms with Crippen LogP contribution in [-0.4, -0.2) is 15.0 Å². The smallest absolute Gasteiger partial charge is 0.160 e. The molecular weight excluding hydrogens is 583 g/mol. The number of nitrogens with zero attached hydrogens (tertiary/aromatic N) is 3. The van der Waals surface area contributed by atoms with Crippen LogP contribution in [0.5, 0.6) is 0 Å². The Morgan fingerprint density at radius 1 is 0.500 bits per heavy atom. The maximum absolute atomic E-state index is 5.21. The van der Waals surface area contributed by atoms with E-state index in [2.05, 4.69) is 146 Å². The lowest BCUT2D eigenvalue weighted by Gasteiger charge is -2.17. The van der Waals surface area contributed by atoms with Gasteiger partial charge in [-0.2, -0.15) is 0 Å². The highest BCUT2D eigenvalue weighted by Crippen LogP contribution is 2.41. The van der Waals surface area contributed by atoms with Crippen LogP contribution < -0.4 is 0 Å². The average molecular weight is 618 g/mol. The molecule has 8 rings (SSSR count). The van der Waals surface area contributed by atoms with Crippen LogP contribution in [0.4, 0.5) is 0 Å². The van der Waals surface area contributed by atoms with E-state index in [-0.39, 0.29) is 0 Å². The minimum atomic E-state index is 0.688. The first kappa shape index (κ1) is 29.5. The minimum Gasteiger partial charge on any atom is -0.261 e. The molecule has 0 atom stereocenters. The summed E-state index contributed by atoms with van der Waals surface area (Å²) in [4.78, 5) is 15.1. The van der Waals surface area contributed by atoms with Gasteiger partial charge in [-0.25, -0.2) is 9.97 Å². The third kappa shape index (κ3) is 5.44. The predicted molar refractivity (Wildman–Crippen MR) is 201 cm³/mol. The fourth-order valence-corrected chi connectivity index (χ4v) is 6.85. The highest BCUT2D eigenvalue weighted by Gasteiger charge is 2.17. The van der Waals surface area contributed by atoms with E-state index in [0.29, 0.717) is 5.82 Å². The van der Waals surface area contributed by atoms with Crippen molar-refractivity contribution >= 4 is 21.5 Å². The van der Waals surface area contributed by atoms with Gasteiger partial charge in [-0.1, -0.05) is 110 Å². The Bertz CT molecular complexity index is 2370. The number of rotatable bonds is 6. The van der Waals surface area contributed by atoms with Gasteiger partial charge in [0, 0.05) is 34.1 Å². The summed E-state index contributed by atoms with van der Waals surface area (Å²) in [5.41, 5.74) is 13.0. The molecule has 3 heteroatoms. The summed E-state index contributed by atoms with van der Waals surface area (Å²) in [5.74, 6) is 0.688. The molecule has 0 aliphatic heterocycles. The molecule has 0 bridgehead atoms. The monoisotopic (exact) mass is 617 g/mol. The van der Waals surface area contributed by atoms with Crippen molar-refractivity contribution in [1.82, 2.24) is 15.0 Å². The third-order valence-electron chi connectivity index (χ3n) is 9.29. The van der Waals surface area contributed by atoms with Gasteiger partial charge < -0.3 is 0 Å². The van der Waals surface area contributed by atoms with Crippen LogP contribution in [-0.2, 0) is 6.42 Å². The lowest BCUT2D eigenvalue weighted by molar-refractivity contribution is 1.16. The molecule has 2 heterocycles. The van der Waals surface area contributed by atoms with Crippen LogP contribution in [0.3, 0.4) is 0 Å². The van der Waals surface area contributed by atoms with Crippen molar-refractivity contribution in [1.29, 1.82) is 0 Å². The lowest BCUT2D eigenvalue weighted by atomic mass is 9.87. The number of aromatic nitrogens is 3. The molecule has 6 aromatic carbocycles. The van der Waals surface area contributed by atoms with Gasteiger partial charge in [0.1, 0.15) is 0 Å². The zero-order valence-corrected chi connectivity index (χ0v) is 27.4. The largest absolute Gasteiger partial charge is 0.261 e. The summed E-state index contributed by atoms with van der Waals surface area (Å²) < 4.78 is 0. The molecule has 0 unspecified atom stereocenters. The van der Waals surface area contributed by atoms with E-state index in [4.69, 9.17) is 9.97 Å². The third-order valence-corrected chi connectivity index (χ3v) is 9.29.